The highest BCUT2D eigenvalue weighted by Crippen LogP contribution is 2.48. The number of carbonyl (C=O) groups excluding carboxylic acids is 1. The van der Waals surface area contributed by atoms with E-state index in [0.717, 1.165) is 39.7 Å². The second-order valence-corrected chi connectivity index (χ2v) is 9.24. The normalized spacial score (nSPS) is 18.3. The van der Waals surface area contributed by atoms with Gasteiger partial charge in [0.1, 0.15) is 11.5 Å². The Morgan fingerprint density at radius 3 is 2.05 bits per heavy atom. The molecule has 2 unspecified atom stereocenters. The van der Waals surface area contributed by atoms with E-state index in [1.54, 1.807) is 35.5 Å². The lowest BCUT2D eigenvalue weighted by Gasteiger charge is -2.31. The molecule has 3 aromatic carbocycles. The Morgan fingerprint density at radius 1 is 0.737 bits per heavy atom. The number of carbonyl (C=O) groups is 1. The number of Topliss-reactive ketones (excluding diaryl/α,β-unsaturated/α-hetero) is 1. The fourth-order valence-electron chi connectivity index (χ4n) is 5.39. The molecule has 3 aromatic rings. The smallest absolute Gasteiger partial charge is 0.203 e. The molecule has 198 valence electrons. The molecule has 1 heterocycles. The molecule has 1 aliphatic carbocycles. The van der Waals surface area contributed by atoms with Gasteiger partial charge in [-0.25, -0.2) is 0 Å². The molecule has 0 amide bonds. The average molecular weight is 517 g/mol. The van der Waals surface area contributed by atoms with Crippen LogP contribution >= 0.6 is 0 Å². The van der Waals surface area contributed by atoms with Gasteiger partial charge in [-0.1, -0.05) is 12.1 Å². The Balaban J connectivity index is 1.65. The number of hydrogen-bond acceptors (Lipinski definition) is 8. The lowest BCUT2D eigenvalue weighted by atomic mass is 9.78. The monoisotopic (exact) mass is 516 g/mol. The molecule has 0 bridgehead atoms. The van der Waals surface area contributed by atoms with Crippen molar-refractivity contribution in [3.63, 3.8) is 0 Å². The van der Waals surface area contributed by atoms with E-state index in [-0.39, 0.29) is 11.7 Å². The van der Waals surface area contributed by atoms with Gasteiger partial charge < -0.3 is 34.3 Å². The van der Waals surface area contributed by atoms with Crippen LogP contribution in [0.1, 0.15) is 35.9 Å². The molecule has 0 spiro atoms. The first-order chi connectivity index (χ1) is 18.5. The van der Waals surface area contributed by atoms with Gasteiger partial charge in [0.25, 0.3) is 0 Å². The summed E-state index contributed by atoms with van der Waals surface area (Å²) in [7, 11) is 8.02. The Bertz CT molecular complexity index is 1370. The topological polar surface area (TPSA) is 87.3 Å². The third kappa shape index (κ3) is 4.47. The molecule has 0 saturated carbocycles. The predicted octanol–water partition coefficient (Wildman–Crippen LogP) is 5.71. The van der Waals surface area contributed by atoms with E-state index in [4.69, 9.17) is 23.7 Å². The van der Waals surface area contributed by atoms with Crippen molar-refractivity contribution in [2.45, 2.75) is 24.8 Å². The fraction of sp³-hybridized carbons (Fsp3) is 0.300. The summed E-state index contributed by atoms with van der Waals surface area (Å²) in [6.07, 6.45) is 0.963. The summed E-state index contributed by atoms with van der Waals surface area (Å²) in [5.41, 5.74) is 5.13. The number of methoxy groups -OCH3 is 5. The number of hydrogen-bond donors (Lipinski definition) is 2. The zero-order valence-corrected chi connectivity index (χ0v) is 22.2. The van der Waals surface area contributed by atoms with E-state index in [1.807, 2.05) is 54.6 Å². The molecule has 0 radical (unpaired) electrons. The molecule has 0 fully saturated rings. The lowest BCUT2D eigenvalue weighted by Crippen LogP contribution is -2.27. The van der Waals surface area contributed by atoms with Gasteiger partial charge in [0.15, 0.2) is 17.3 Å². The Hall–Kier alpha value is -4.33. The maximum atomic E-state index is 14.0. The maximum absolute atomic E-state index is 14.0. The first kappa shape index (κ1) is 25.3. The minimum absolute atomic E-state index is 0.0488. The minimum atomic E-state index is -0.435. The summed E-state index contributed by atoms with van der Waals surface area (Å²) in [6.45, 7) is 0. The van der Waals surface area contributed by atoms with Crippen LogP contribution in [0.2, 0.25) is 0 Å². The third-order valence-corrected chi connectivity index (χ3v) is 7.21. The number of ketones is 1. The van der Waals surface area contributed by atoms with Crippen molar-refractivity contribution in [2.75, 3.05) is 46.2 Å². The van der Waals surface area contributed by atoms with Crippen molar-refractivity contribution >= 4 is 17.2 Å². The van der Waals surface area contributed by atoms with Crippen LogP contribution in [0.5, 0.6) is 28.7 Å². The van der Waals surface area contributed by atoms with Crippen LogP contribution in [0.15, 0.2) is 65.9 Å². The quantitative estimate of drug-likeness (QED) is 0.413. The van der Waals surface area contributed by atoms with E-state index >= 15 is 0 Å². The van der Waals surface area contributed by atoms with Crippen molar-refractivity contribution < 1.29 is 28.5 Å². The summed E-state index contributed by atoms with van der Waals surface area (Å²) in [5, 5.41) is 7.18. The van der Waals surface area contributed by atoms with Crippen molar-refractivity contribution in [1.82, 2.24) is 0 Å². The van der Waals surface area contributed by atoms with E-state index in [0.29, 0.717) is 35.7 Å². The first-order valence-corrected chi connectivity index (χ1v) is 12.4. The molecule has 2 atom stereocenters. The van der Waals surface area contributed by atoms with E-state index in [2.05, 4.69) is 10.6 Å². The van der Waals surface area contributed by atoms with Crippen LogP contribution in [0.4, 0.5) is 11.4 Å². The maximum Gasteiger partial charge on any atom is 0.203 e. The van der Waals surface area contributed by atoms with Gasteiger partial charge in [-0.2, -0.15) is 0 Å². The highest BCUT2D eigenvalue weighted by molar-refractivity contribution is 6.01. The molecule has 1 aliphatic heterocycles. The van der Waals surface area contributed by atoms with Crippen LogP contribution in [0.3, 0.4) is 0 Å². The molecular formula is C30H32N2O6. The molecule has 2 N–H and O–H groups in total. The molecule has 5 rings (SSSR count). The van der Waals surface area contributed by atoms with Gasteiger partial charge >= 0.3 is 0 Å². The Morgan fingerprint density at radius 2 is 1.42 bits per heavy atom. The highest BCUT2D eigenvalue weighted by Gasteiger charge is 2.37. The van der Waals surface area contributed by atoms with Crippen LogP contribution < -0.4 is 34.3 Å². The fourth-order valence-corrected chi connectivity index (χ4v) is 5.39. The standard InChI is InChI=1S/C30H32N2O6/c1-34-19-10-11-25(35-2)20(16-19)17-12-23-28(24(33)13-17)29(32-22-9-7-6-8-21(22)31-23)18-14-26(36-3)30(38-5)27(15-18)37-4/h6-11,14-17,29,31-32H,12-13H2,1-5H3. The van der Waals surface area contributed by atoms with Crippen LogP contribution in [0, 0.1) is 0 Å². The molecule has 8 nitrogen and oxygen atoms in total. The second-order valence-electron chi connectivity index (χ2n) is 9.24. The molecular weight excluding hydrogens is 484 g/mol. The van der Waals surface area contributed by atoms with E-state index in [9.17, 15) is 4.79 Å². The molecule has 0 aromatic heterocycles. The molecule has 0 saturated heterocycles. The van der Waals surface area contributed by atoms with Gasteiger partial charge in [0.2, 0.25) is 5.75 Å². The summed E-state index contributed by atoms with van der Waals surface area (Å²) in [4.78, 5) is 14.0. The van der Waals surface area contributed by atoms with Crippen molar-refractivity contribution in [3.8, 4) is 28.7 Å². The summed E-state index contributed by atoms with van der Waals surface area (Å²) in [6, 6.07) is 17.0. The summed E-state index contributed by atoms with van der Waals surface area (Å²) < 4.78 is 27.9. The van der Waals surface area contributed by atoms with Crippen LogP contribution in [-0.4, -0.2) is 41.3 Å². The van der Waals surface area contributed by atoms with Gasteiger partial charge in [0.05, 0.1) is 53.0 Å². The zero-order valence-electron chi connectivity index (χ0n) is 22.2. The lowest BCUT2D eigenvalue weighted by molar-refractivity contribution is -0.116. The predicted molar refractivity (Wildman–Crippen MR) is 146 cm³/mol. The number of allylic oxidation sites excluding steroid dienone is 1. The summed E-state index contributed by atoms with van der Waals surface area (Å²) >= 11 is 0. The number of nitrogens with one attached hydrogen (secondary N) is 2. The van der Waals surface area contributed by atoms with Gasteiger partial charge in [-0.3, -0.25) is 4.79 Å². The van der Waals surface area contributed by atoms with Crippen molar-refractivity contribution in [2.24, 2.45) is 0 Å². The highest BCUT2D eigenvalue weighted by atomic mass is 16.5. The van der Waals surface area contributed by atoms with Crippen LogP contribution in [0.25, 0.3) is 0 Å². The number of benzene rings is 3. The summed E-state index contributed by atoms with van der Waals surface area (Å²) in [5.74, 6) is 2.99. The SMILES string of the molecule is COc1ccc(OC)c(C2CC(=O)C3=C(C2)Nc2ccccc2NC3c2cc(OC)c(OC)c(OC)c2)c1. The average Bonchev–Trinajstić information content (AvgIpc) is 3.12. The molecule has 8 heteroatoms. The number of para-hydroxylation sites is 2. The second kappa shape index (κ2) is 10.6. The number of rotatable bonds is 7. The number of anilines is 2. The van der Waals surface area contributed by atoms with E-state index in [1.165, 1.54) is 0 Å². The third-order valence-electron chi connectivity index (χ3n) is 7.21. The Kier molecular flexibility index (Phi) is 7.05. The van der Waals surface area contributed by atoms with Crippen LogP contribution in [-0.2, 0) is 4.79 Å². The van der Waals surface area contributed by atoms with E-state index < -0.39 is 6.04 Å². The molecule has 2 aliphatic rings. The largest absolute Gasteiger partial charge is 0.497 e. The molecule has 38 heavy (non-hydrogen) atoms. The van der Waals surface area contributed by atoms with Crippen molar-refractivity contribution in [1.29, 1.82) is 0 Å². The van der Waals surface area contributed by atoms with Gasteiger partial charge in [0, 0.05) is 29.2 Å². The van der Waals surface area contributed by atoms with Crippen molar-refractivity contribution in [3.05, 3.63) is 77.0 Å². The van der Waals surface area contributed by atoms with Gasteiger partial charge in [-0.15, -0.1) is 0 Å². The van der Waals surface area contributed by atoms with Gasteiger partial charge in [-0.05, 0) is 54.4 Å². The first-order valence-electron chi connectivity index (χ1n) is 12.4. The Labute approximate surface area is 222 Å². The minimum Gasteiger partial charge on any atom is -0.497 e. The number of fused-ring (bicyclic) bond motifs is 1. The zero-order chi connectivity index (χ0) is 26.8. The number of ether oxygens (including phenoxy) is 5.